The number of carbonyl (C=O) groups is 1. The Bertz CT molecular complexity index is 462. The molecule has 0 bridgehead atoms. The number of carbonyl (C=O) groups excluding carboxylic acids is 1. The minimum absolute atomic E-state index is 0.0286. The lowest BCUT2D eigenvalue weighted by Gasteiger charge is -2.21. The Hall–Kier alpha value is -1.75. The molecular weight excluding hydrogens is 242 g/mol. The van der Waals surface area contributed by atoms with E-state index in [2.05, 4.69) is 11.9 Å². The van der Waals surface area contributed by atoms with E-state index in [1.165, 1.54) is 0 Å². The number of likely N-dealkylation sites (N-methyl/N-ethyl adjacent to an activating group) is 1. The summed E-state index contributed by atoms with van der Waals surface area (Å²) in [5.74, 6) is 0.649. The van der Waals surface area contributed by atoms with Gasteiger partial charge in [-0.3, -0.25) is 4.79 Å². The Labute approximate surface area is 113 Å². The van der Waals surface area contributed by atoms with Gasteiger partial charge < -0.3 is 20.3 Å². The minimum atomic E-state index is 0.0286. The molecule has 5 heteroatoms. The fourth-order valence-electron chi connectivity index (χ4n) is 2.30. The summed E-state index contributed by atoms with van der Waals surface area (Å²) in [4.78, 5) is 16.6. The van der Waals surface area contributed by atoms with Crippen molar-refractivity contribution in [2.75, 3.05) is 46.1 Å². The first kappa shape index (κ1) is 13.7. The summed E-state index contributed by atoms with van der Waals surface area (Å²) in [6.45, 7) is 3.49. The van der Waals surface area contributed by atoms with Gasteiger partial charge in [-0.2, -0.15) is 0 Å². The number of benzene rings is 1. The molecule has 104 valence electrons. The first-order valence-electron chi connectivity index (χ1n) is 6.52. The monoisotopic (exact) mass is 263 g/mol. The van der Waals surface area contributed by atoms with Crippen molar-refractivity contribution in [3.8, 4) is 5.75 Å². The summed E-state index contributed by atoms with van der Waals surface area (Å²) in [5.41, 5.74) is 6.95. The van der Waals surface area contributed by atoms with Crippen molar-refractivity contribution in [1.82, 2.24) is 9.80 Å². The van der Waals surface area contributed by atoms with Crippen LogP contribution in [-0.2, 0) is 0 Å². The van der Waals surface area contributed by atoms with Crippen LogP contribution >= 0.6 is 0 Å². The maximum Gasteiger partial charge on any atom is 0.254 e. The van der Waals surface area contributed by atoms with Crippen LogP contribution < -0.4 is 10.5 Å². The van der Waals surface area contributed by atoms with E-state index in [-0.39, 0.29) is 5.91 Å². The molecule has 0 spiro atoms. The second-order valence-electron chi connectivity index (χ2n) is 4.94. The molecule has 1 aromatic carbocycles. The molecule has 0 atom stereocenters. The van der Waals surface area contributed by atoms with Crippen LogP contribution in [0.2, 0.25) is 0 Å². The lowest BCUT2D eigenvalue weighted by atomic mass is 10.1. The zero-order chi connectivity index (χ0) is 13.8. The summed E-state index contributed by atoms with van der Waals surface area (Å²) in [5, 5.41) is 0. The number of methoxy groups -OCH3 is 1. The van der Waals surface area contributed by atoms with E-state index in [0.29, 0.717) is 17.0 Å². The summed E-state index contributed by atoms with van der Waals surface area (Å²) in [7, 11) is 3.65. The van der Waals surface area contributed by atoms with Gasteiger partial charge in [0, 0.05) is 37.0 Å². The van der Waals surface area contributed by atoms with Crippen molar-refractivity contribution in [2.45, 2.75) is 6.42 Å². The fourth-order valence-corrected chi connectivity index (χ4v) is 2.30. The first-order valence-corrected chi connectivity index (χ1v) is 6.52. The third-order valence-electron chi connectivity index (χ3n) is 3.42. The second kappa shape index (κ2) is 5.93. The number of rotatable bonds is 2. The number of nitrogens with two attached hydrogens (primary N) is 1. The molecule has 1 heterocycles. The van der Waals surface area contributed by atoms with Crippen molar-refractivity contribution in [1.29, 1.82) is 0 Å². The van der Waals surface area contributed by atoms with Crippen LogP contribution in [0.15, 0.2) is 18.2 Å². The minimum Gasteiger partial charge on any atom is -0.497 e. The molecule has 2 rings (SSSR count). The van der Waals surface area contributed by atoms with Gasteiger partial charge in [-0.25, -0.2) is 0 Å². The zero-order valence-corrected chi connectivity index (χ0v) is 11.6. The molecule has 1 aliphatic heterocycles. The highest BCUT2D eigenvalue weighted by Gasteiger charge is 2.19. The van der Waals surface area contributed by atoms with E-state index < -0.39 is 0 Å². The van der Waals surface area contributed by atoms with E-state index in [9.17, 15) is 4.79 Å². The summed E-state index contributed by atoms with van der Waals surface area (Å²) >= 11 is 0. The van der Waals surface area contributed by atoms with Crippen LogP contribution in [0.1, 0.15) is 16.8 Å². The van der Waals surface area contributed by atoms with Crippen LogP contribution in [0.5, 0.6) is 5.75 Å². The maximum atomic E-state index is 12.5. The van der Waals surface area contributed by atoms with Gasteiger partial charge in [0.25, 0.3) is 5.91 Å². The van der Waals surface area contributed by atoms with Crippen LogP contribution in [0.3, 0.4) is 0 Å². The molecule has 1 fully saturated rings. The number of ether oxygens (including phenoxy) is 1. The number of anilines is 1. The molecule has 1 saturated heterocycles. The third-order valence-corrected chi connectivity index (χ3v) is 3.42. The molecule has 2 N–H and O–H groups in total. The van der Waals surface area contributed by atoms with Gasteiger partial charge in [0.2, 0.25) is 0 Å². The Morgan fingerprint density at radius 3 is 2.74 bits per heavy atom. The van der Waals surface area contributed by atoms with E-state index in [4.69, 9.17) is 10.5 Å². The molecule has 0 radical (unpaired) electrons. The topological polar surface area (TPSA) is 58.8 Å². The van der Waals surface area contributed by atoms with Crippen LogP contribution in [0.4, 0.5) is 5.69 Å². The largest absolute Gasteiger partial charge is 0.497 e. The molecule has 1 aliphatic rings. The van der Waals surface area contributed by atoms with Crippen molar-refractivity contribution in [3.05, 3.63) is 23.8 Å². The summed E-state index contributed by atoms with van der Waals surface area (Å²) < 4.78 is 5.16. The number of nitrogens with zero attached hydrogens (tertiary/aromatic N) is 2. The number of hydrogen-bond donors (Lipinski definition) is 1. The first-order chi connectivity index (χ1) is 9.10. The van der Waals surface area contributed by atoms with E-state index >= 15 is 0 Å². The second-order valence-corrected chi connectivity index (χ2v) is 4.94. The zero-order valence-electron chi connectivity index (χ0n) is 11.6. The van der Waals surface area contributed by atoms with Crippen LogP contribution in [0.25, 0.3) is 0 Å². The van der Waals surface area contributed by atoms with E-state index in [1.54, 1.807) is 25.3 Å². The van der Waals surface area contributed by atoms with Gasteiger partial charge in [-0.15, -0.1) is 0 Å². The van der Waals surface area contributed by atoms with Gasteiger partial charge in [-0.05, 0) is 32.1 Å². The molecule has 0 aromatic heterocycles. The van der Waals surface area contributed by atoms with E-state index in [0.717, 1.165) is 32.6 Å². The van der Waals surface area contributed by atoms with Crippen LogP contribution in [0, 0.1) is 0 Å². The summed E-state index contributed by atoms with van der Waals surface area (Å²) in [6.07, 6.45) is 1.00. The molecule has 19 heavy (non-hydrogen) atoms. The van der Waals surface area contributed by atoms with Crippen LogP contribution in [-0.4, -0.2) is 56.0 Å². The fraction of sp³-hybridized carbons (Fsp3) is 0.500. The maximum absolute atomic E-state index is 12.5. The Balaban J connectivity index is 2.16. The molecule has 0 unspecified atom stereocenters. The van der Waals surface area contributed by atoms with Crippen molar-refractivity contribution in [2.24, 2.45) is 0 Å². The molecule has 1 aromatic rings. The predicted molar refractivity (Wildman–Crippen MR) is 75.4 cm³/mol. The Morgan fingerprint density at radius 1 is 1.21 bits per heavy atom. The van der Waals surface area contributed by atoms with Gasteiger partial charge in [0.05, 0.1) is 7.11 Å². The van der Waals surface area contributed by atoms with Crippen molar-refractivity contribution in [3.63, 3.8) is 0 Å². The van der Waals surface area contributed by atoms with Crippen molar-refractivity contribution >= 4 is 11.6 Å². The quantitative estimate of drug-likeness (QED) is 0.810. The molecule has 0 saturated carbocycles. The van der Waals surface area contributed by atoms with Gasteiger partial charge in [-0.1, -0.05) is 0 Å². The third kappa shape index (κ3) is 3.38. The predicted octanol–water partition coefficient (Wildman–Crippen LogP) is 1.06. The molecule has 1 amide bonds. The Kier molecular flexibility index (Phi) is 4.27. The Morgan fingerprint density at radius 2 is 2.00 bits per heavy atom. The number of hydrogen-bond acceptors (Lipinski definition) is 4. The van der Waals surface area contributed by atoms with Gasteiger partial charge >= 0.3 is 0 Å². The highest BCUT2D eigenvalue weighted by Crippen LogP contribution is 2.20. The number of nitrogen functional groups attached to an aromatic ring is 1. The van der Waals surface area contributed by atoms with Crippen molar-refractivity contribution < 1.29 is 9.53 Å². The van der Waals surface area contributed by atoms with Gasteiger partial charge in [0.15, 0.2) is 0 Å². The standard InChI is InChI=1S/C14H21N3O2/c1-16-4-3-5-17(7-6-16)14(18)11-8-12(15)10-13(9-11)19-2/h8-10H,3-7,15H2,1-2H3. The number of amides is 1. The summed E-state index contributed by atoms with van der Waals surface area (Å²) in [6, 6.07) is 5.17. The highest BCUT2D eigenvalue weighted by atomic mass is 16.5. The highest BCUT2D eigenvalue weighted by molar-refractivity contribution is 5.95. The average molecular weight is 263 g/mol. The normalized spacial score (nSPS) is 17.1. The van der Waals surface area contributed by atoms with E-state index in [1.807, 2.05) is 4.90 Å². The molecule has 0 aliphatic carbocycles. The average Bonchev–Trinajstić information content (AvgIpc) is 2.62. The van der Waals surface area contributed by atoms with Gasteiger partial charge in [0.1, 0.15) is 5.75 Å². The molecular formula is C14H21N3O2. The lowest BCUT2D eigenvalue weighted by Crippen LogP contribution is -2.34. The smallest absolute Gasteiger partial charge is 0.254 e. The molecule has 5 nitrogen and oxygen atoms in total. The SMILES string of the molecule is COc1cc(N)cc(C(=O)N2CCCN(C)CC2)c1. The lowest BCUT2D eigenvalue weighted by molar-refractivity contribution is 0.0762.